The monoisotopic (exact) mass is 442 g/mol. The lowest BCUT2D eigenvalue weighted by atomic mass is 10.1. The number of fused-ring (bicyclic) bond motifs is 1. The third kappa shape index (κ3) is 3.80. The molecule has 0 aliphatic carbocycles. The van der Waals surface area contributed by atoms with Crippen molar-refractivity contribution in [1.82, 2.24) is 23.9 Å². The molecule has 0 spiro atoms. The van der Waals surface area contributed by atoms with Crippen molar-refractivity contribution in [2.45, 2.75) is 6.92 Å². The number of hydrogen-bond donors (Lipinski definition) is 1. The molecule has 0 fully saturated rings. The van der Waals surface area contributed by atoms with E-state index in [2.05, 4.69) is 25.0 Å². The number of aromatic nitrogens is 5. The summed E-state index contributed by atoms with van der Waals surface area (Å²) in [5.41, 5.74) is 5.15. The quantitative estimate of drug-likeness (QED) is 0.429. The molecular weight excluding hydrogens is 423 g/mol. The molecule has 4 aromatic heterocycles. The van der Waals surface area contributed by atoms with E-state index in [-0.39, 0.29) is 5.82 Å². The molecule has 164 valence electrons. The summed E-state index contributed by atoms with van der Waals surface area (Å²) >= 11 is 0. The maximum Gasteiger partial charge on any atom is 0.412 e. The van der Waals surface area contributed by atoms with Crippen LogP contribution in [0.15, 0.2) is 73.4 Å². The smallest absolute Gasteiger partial charge is 0.412 e. The van der Waals surface area contributed by atoms with Crippen LogP contribution in [0.3, 0.4) is 0 Å². The number of ether oxygens (including phenoxy) is 1. The van der Waals surface area contributed by atoms with Crippen LogP contribution in [0.5, 0.6) is 0 Å². The highest BCUT2D eigenvalue weighted by molar-refractivity contribution is 5.83. The number of anilines is 1. The van der Waals surface area contributed by atoms with E-state index in [0.717, 1.165) is 39.5 Å². The maximum atomic E-state index is 13.4. The fourth-order valence-corrected chi connectivity index (χ4v) is 3.70. The Bertz CT molecular complexity index is 1460. The molecule has 33 heavy (non-hydrogen) atoms. The second-order valence-electron chi connectivity index (χ2n) is 7.39. The van der Waals surface area contributed by atoms with Crippen LogP contribution >= 0.6 is 0 Å². The highest BCUT2D eigenvalue weighted by Gasteiger charge is 2.14. The van der Waals surface area contributed by atoms with Crippen molar-refractivity contribution in [3.8, 4) is 28.3 Å². The number of amides is 1. The molecule has 8 nitrogen and oxygen atoms in total. The minimum atomic E-state index is -0.582. The van der Waals surface area contributed by atoms with Crippen LogP contribution in [0.4, 0.5) is 15.0 Å². The largest absolute Gasteiger partial charge is 0.453 e. The first kappa shape index (κ1) is 20.4. The molecule has 9 heteroatoms. The zero-order chi connectivity index (χ0) is 22.9. The van der Waals surface area contributed by atoms with Gasteiger partial charge >= 0.3 is 6.09 Å². The number of pyridine rings is 2. The molecule has 5 rings (SSSR count). The molecule has 1 N–H and O–H groups in total. The van der Waals surface area contributed by atoms with Gasteiger partial charge in [0, 0.05) is 41.6 Å². The van der Waals surface area contributed by atoms with Gasteiger partial charge in [0.1, 0.15) is 23.1 Å². The normalized spacial score (nSPS) is 11.0. The molecule has 0 atom stereocenters. The first-order valence-corrected chi connectivity index (χ1v) is 10.1. The molecular formula is C24H19FN6O2. The Balaban J connectivity index is 1.57. The zero-order valence-electron chi connectivity index (χ0n) is 17.9. The average Bonchev–Trinajstić information content (AvgIpc) is 3.48. The van der Waals surface area contributed by atoms with Gasteiger partial charge in [-0.2, -0.15) is 0 Å². The second-order valence-corrected chi connectivity index (χ2v) is 7.39. The molecule has 0 bridgehead atoms. The number of halogens is 1. The fourth-order valence-electron chi connectivity index (χ4n) is 3.70. The highest BCUT2D eigenvalue weighted by Crippen LogP contribution is 2.28. The summed E-state index contributed by atoms with van der Waals surface area (Å²) in [7, 11) is 1.30. The molecule has 0 aliphatic heterocycles. The number of imidazole rings is 2. The lowest BCUT2D eigenvalue weighted by Gasteiger charge is -2.11. The number of nitrogens with one attached hydrogen (secondary N) is 1. The van der Waals surface area contributed by atoms with Gasteiger partial charge in [0.25, 0.3) is 0 Å². The molecule has 0 saturated heterocycles. The van der Waals surface area contributed by atoms with E-state index in [1.807, 2.05) is 40.4 Å². The van der Waals surface area contributed by atoms with Crippen LogP contribution in [0.1, 0.15) is 5.56 Å². The Labute approximate surface area is 188 Å². The topological polar surface area (TPSA) is 86.3 Å². The van der Waals surface area contributed by atoms with Crippen LogP contribution in [-0.4, -0.2) is 37.1 Å². The van der Waals surface area contributed by atoms with Crippen LogP contribution in [0, 0.1) is 12.7 Å². The summed E-state index contributed by atoms with van der Waals surface area (Å²) in [6.07, 6.45) is 8.38. The summed E-state index contributed by atoms with van der Waals surface area (Å²) < 4.78 is 21.9. The first-order valence-electron chi connectivity index (χ1n) is 10.1. The van der Waals surface area contributed by atoms with E-state index in [0.29, 0.717) is 5.82 Å². The predicted octanol–water partition coefficient (Wildman–Crippen LogP) is 4.87. The predicted molar refractivity (Wildman–Crippen MR) is 122 cm³/mol. The van der Waals surface area contributed by atoms with Gasteiger partial charge in [-0.1, -0.05) is 0 Å². The van der Waals surface area contributed by atoms with Crippen molar-refractivity contribution in [3.05, 3.63) is 84.8 Å². The van der Waals surface area contributed by atoms with E-state index < -0.39 is 6.09 Å². The number of carbonyl (C=O) groups is 1. The Morgan fingerprint density at radius 2 is 1.85 bits per heavy atom. The van der Waals surface area contributed by atoms with Crippen molar-refractivity contribution < 1.29 is 13.9 Å². The van der Waals surface area contributed by atoms with Crippen molar-refractivity contribution in [3.63, 3.8) is 0 Å². The van der Waals surface area contributed by atoms with Gasteiger partial charge in [-0.15, -0.1) is 0 Å². The van der Waals surface area contributed by atoms with Gasteiger partial charge in [0.15, 0.2) is 0 Å². The third-order valence-corrected chi connectivity index (χ3v) is 5.27. The van der Waals surface area contributed by atoms with E-state index in [1.54, 1.807) is 36.8 Å². The van der Waals surface area contributed by atoms with Crippen LogP contribution in [-0.2, 0) is 4.74 Å². The van der Waals surface area contributed by atoms with Crippen molar-refractivity contribution in [2.75, 3.05) is 12.4 Å². The van der Waals surface area contributed by atoms with E-state index >= 15 is 0 Å². The molecule has 1 aromatic carbocycles. The molecule has 0 unspecified atom stereocenters. The Morgan fingerprint density at radius 1 is 1.03 bits per heavy atom. The lowest BCUT2D eigenvalue weighted by molar-refractivity contribution is 0.187. The first-order chi connectivity index (χ1) is 16.0. The third-order valence-electron chi connectivity index (χ3n) is 5.27. The molecule has 0 aliphatic rings. The fraction of sp³-hybridized carbons (Fsp3) is 0.0833. The number of aryl methyl sites for hydroxylation is 1. The highest BCUT2D eigenvalue weighted by atomic mass is 19.1. The van der Waals surface area contributed by atoms with E-state index in [9.17, 15) is 9.18 Å². The molecule has 0 saturated carbocycles. The molecule has 4 heterocycles. The van der Waals surface area contributed by atoms with Gasteiger partial charge in [0.2, 0.25) is 0 Å². The van der Waals surface area contributed by atoms with Crippen molar-refractivity contribution >= 4 is 17.6 Å². The number of nitrogens with zero attached hydrogens (tertiary/aromatic N) is 5. The Morgan fingerprint density at radius 3 is 2.58 bits per heavy atom. The number of benzene rings is 1. The van der Waals surface area contributed by atoms with Crippen LogP contribution < -0.4 is 5.32 Å². The number of carbonyl (C=O) groups excluding carboxylic acids is 1. The summed E-state index contributed by atoms with van der Waals surface area (Å²) in [5.74, 6) is 0.821. The van der Waals surface area contributed by atoms with Gasteiger partial charge in [-0.05, 0) is 55.0 Å². The summed E-state index contributed by atoms with van der Waals surface area (Å²) in [6, 6.07) is 11.8. The van der Waals surface area contributed by atoms with Gasteiger partial charge < -0.3 is 4.74 Å². The van der Waals surface area contributed by atoms with Crippen LogP contribution in [0.25, 0.3) is 34.0 Å². The molecule has 1 amide bonds. The van der Waals surface area contributed by atoms with Crippen LogP contribution in [0.2, 0.25) is 0 Å². The van der Waals surface area contributed by atoms with Gasteiger partial charge in [-0.25, -0.2) is 24.1 Å². The number of rotatable bonds is 4. The Hall–Kier alpha value is -4.53. The molecule has 5 aromatic rings. The second kappa shape index (κ2) is 8.19. The SMILES string of the molecule is COC(=O)Nc1ccc(-c2cnc3c(C)cc(-c4nccn4-c4ccc(F)cc4)cn23)cn1. The maximum absolute atomic E-state index is 13.4. The van der Waals surface area contributed by atoms with Gasteiger partial charge in [-0.3, -0.25) is 14.3 Å². The summed E-state index contributed by atoms with van der Waals surface area (Å²) in [4.78, 5) is 24.8. The summed E-state index contributed by atoms with van der Waals surface area (Å²) in [6.45, 7) is 1.99. The van der Waals surface area contributed by atoms with Crippen molar-refractivity contribution in [1.29, 1.82) is 0 Å². The number of hydrogen-bond acceptors (Lipinski definition) is 5. The minimum Gasteiger partial charge on any atom is -0.453 e. The summed E-state index contributed by atoms with van der Waals surface area (Å²) in [5, 5.41) is 2.53. The molecule has 0 radical (unpaired) electrons. The van der Waals surface area contributed by atoms with Crippen molar-refractivity contribution in [2.24, 2.45) is 0 Å². The van der Waals surface area contributed by atoms with E-state index in [4.69, 9.17) is 0 Å². The standard InChI is InChI=1S/C24H19FN6O2/c1-15-11-17(23-26-9-10-30(23)19-6-4-18(25)5-7-19)14-31-20(13-28-22(15)31)16-3-8-21(27-12-16)29-24(32)33-2/h3-14H,1-2H3,(H,27,29,32). The number of methoxy groups -OCH3 is 1. The lowest BCUT2D eigenvalue weighted by Crippen LogP contribution is -2.11. The minimum absolute atomic E-state index is 0.290. The van der Waals surface area contributed by atoms with E-state index in [1.165, 1.54) is 19.2 Å². The van der Waals surface area contributed by atoms with Gasteiger partial charge in [0.05, 0.1) is 19.0 Å². The zero-order valence-corrected chi connectivity index (χ0v) is 17.9. The Kier molecular flexibility index (Phi) is 5.06. The average molecular weight is 442 g/mol.